The van der Waals surface area contributed by atoms with E-state index in [1.165, 1.54) is 0 Å². The number of alkyl halides is 6. The zero-order chi connectivity index (χ0) is 15.7. The first-order valence-electron chi connectivity index (χ1n) is 5.03. The Morgan fingerprint density at radius 2 is 1.60 bits per heavy atom. The number of rotatable bonds is 3. The Bertz CT molecular complexity index is 492. The van der Waals surface area contributed by atoms with Gasteiger partial charge in [-0.15, -0.1) is 0 Å². The highest BCUT2D eigenvalue weighted by Gasteiger charge is 2.60. The van der Waals surface area contributed by atoms with Crippen LogP contribution in [0.25, 0.3) is 0 Å². The highest BCUT2D eigenvalue weighted by molar-refractivity contribution is 6.30. The molecule has 0 saturated heterocycles. The number of carbonyl (C=O) groups excluding carboxylic acids is 1. The Morgan fingerprint density at radius 3 is 2.00 bits per heavy atom. The molecule has 0 saturated carbocycles. The molecule has 1 nitrogen and oxygen atoms in total. The van der Waals surface area contributed by atoms with E-state index < -0.39 is 41.9 Å². The summed E-state index contributed by atoms with van der Waals surface area (Å²) in [6.07, 6.45) is -12.9. The molecule has 0 N–H and O–H groups in total. The number of ketones is 1. The first-order valence-corrected chi connectivity index (χ1v) is 5.41. The fourth-order valence-corrected chi connectivity index (χ4v) is 1.66. The minimum Gasteiger partial charge on any atom is -0.298 e. The van der Waals surface area contributed by atoms with E-state index in [-0.39, 0.29) is 5.02 Å². The molecule has 0 heterocycles. The molecule has 0 aliphatic carbocycles. The van der Waals surface area contributed by atoms with Crippen molar-refractivity contribution >= 4 is 17.4 Å². The first kappa shape index (κ1) is 16.7. The summed E-state index contributed by atoms with van der Waals surface area (Å²) in [4.78, 5) is 11.2. The monoisotopic (exact) mass is 322 g/mol. The number of hydrogen-bond donors (Lipinski definition) is 0. The van der Waals surface area contributed by atoms with E-state index in [1.54, 1.807) is 0 Å². The van der Waals surface area contributed by atoms with Crippen molar-refractivity contribution in [2.45, 2.75) is 18.8 Å². The molecule has 0 unspecified atom stereocenters. The highest BCUT2D eigenvalue weighted by Crippen LogP contribution is 2.40. The molecule has 0 aromatic heterocycles. The van der Waals surface area contributed by atoms with Crippen LogP contribution in [-0.2, 0) is 11.2 Å². The van der Waals surface area contributed by atoms with Crippen LogP contribution in [0.5, 0.6) is 0 Å². The van der Waals surface area contributed by atoms with Crippen LogP contribution in [0.2, 0.25) is 5.02 Å². The maximum Gasteiger partial charge on any atom is 0.407 e. The molecule has 0 atom stereocenters. The van der Waals surface area contributed by atoms with Gasteiger partial charge in [-0.25, -0.2) is 4.39 Å². The second kappa shape index (κ2) is 5.59. The van der Waals surface area contributed by atoms with Crippen LogP contribution in [0.15, 0.2) is 18.2 Å². The third-order valence-electron chi connectivity index (χ3n) is 2.36. The molecule has 0 fully saturated rings. The molecular weight excluding hydrogens is 317 g/mol. The number of benzene rings is 1. The number of Topliss-reactive ketones (excluding diaryl/α,β-unsaturated/α-hetero) is 1. The van der Waals surface area contributed by atoms with Gasteiger partial charge < -0.3 is 0 Å². The summed E-state index contributed by atoms with van der Waals surface area (Å²) in [5.41, 5.74) is -0.585. The van der Waals surface area contributed by atoms with Crippen molar-refractivity contribution in [1.29, 1.82) is 0 Å². The van der Waals surface area contributed by atoms with Crippen molar-refractivity contribution in [3.8, 4) is 0 Å². The van der Waals surface area contributed by atoms with Crippen LogP contribution in [0.4, 0.5) is 30.7 Å². The van der Waals surface area contributed by atoms with Crippen molar-refractivity contribution in [1.82, 2.24) is 0 Å². The average Bonchev–Trinajstić information content (AvgIpc) is 2.17. The maximum absolute atomic E-state index is 13.3. The highest BCUT2D eigenvalue weighted by atomic mass is 35.5. The molecule has 0 aliphatic heterocycles. The largest absolute Gasteiger partial charge is 0.407 e. The lowest BCUT2D eigenvalue weighted by Crippen LogP contribution is -2.43. The average molecular weight is 323 g/mol. The summed E-state index contributed by atoms with van der Waals surface area (Å²) in [5, 5.41) is -0.0955. The summed E-state index contributed by atoms with van der Waals surface area (Å²) < 4.78 is 86.9. The van der Waals surface area contributed by atoms with Gasteiger partial charge in [-0.2, -0.15) is 26.3 Å². The molecule has 0 amide bonds. The molecule has 112 valence electrons. The molecule has 1 aromatic rings. The van der Waals surface area contributed by atoms with Crippen molar-refractivity contribution in [2.24, 2.45) is 5.92 Å². The summed E-state index contributed by atoms with van der Waals surface area (Å²) in [7, 11) is 0. The van der Waals surface area contributed by atoms with E-state index in [9.17, 15) is 35.5 Å². The number of carbonyl (C=O) groups is 1. The quantitative estimate of drug-likeness (QED) is 0.757. The van der Waals surface area contributed by atoms with Crippen molar-refractivity contribution < 1.29 is 35.5 Å². The topological polar surface area (TPSA) is 17.1 Å². The molecule has 0 aliphatic rings. The Morgan fingerprint density at radius 1 is 1.10 bits per heavy atom. The fourth-order valence-electron chi connectivity index (χ4n) is 1.51. The van der Waals surface area contributed by atoms with Crippen LogP contribution in [0.3, 0.4) is 0 Å². The summed E-state index contributed by atoms with van der Waals surface area (Å²) >= 11 is 5.38. The van der Waals surface area contributed by atoms with Gasteiger partial charge in [0.1, 0.15) is 5.82 Å². The third kappa shape index (κ3) is 4.09. The van der Waals surface area contributed by atoms with Gasteiger partial charge in [-0.3, -0.25) is 4.79 Å². The summed E-state index contributed by atoms with van der Waals surface area (Å²) in [6.45, 7) is 0. The summed E-state index contributed by atoms with van der Waals surface area (Å²) in [6, 6.07) is 2.61. The Balaban J connectivity index is 3.04. The molecule has 1 rings (SSSR count). The van der Waals surface area contributed by atoms with Gasteiger partial charge in [-0.05, 0) is 17.7 Å². The first-order chi connectivity index (χ1) is 8.93. The predicted molar refractivity (Wildman–Crippen MR) is 55.7 cm³/mol. The van der Waals surface area contributed by atoms with Gasteiger partial charge in [0.25, 0.3) is 0 Å². The Kier molecular flexibility index (Phi) is 4.68. The Labute approximate surface area is 113 Å². The predicted octanol–water partition coefficient (Wildman–Crippen LogP) is 4.33. The van der Waals surface area contributed by atoms with Crippen molar-refractivity contribution in [2.75, 3.05) is 0 Å². The minimum absolute atomic E-state index is 0.0955. The van der Waals surface area contributed by atoms with Gasteiger partial charge >= 0.3 is 12.4 Å². The standard InChI is InChI=1S/C11H6ClF7O/c12-6-2-1-5(7(13)4-6)3-8(20)9(10(14,15)16)11(17,18)19/h1-2,4,9H,3H2. The zero-order valence-electron chi connectivity index (χ0n) is 9.45. The Hall–Kier alpha value is -1.31. The SMILES string of the molecule is O=C(Cc1ccc(Cl)cc1F)C(C(F)(F)F)C(F)(F)F. The van der Waals surface area contributed by atoms with Crippen LogP contribution in [0.1, 0.15) is 5.56 Å². The maximum atomic E-state index is 13.3. The van der Waals surface area contributed by atoms with E-state index in [1.807, 2.05) is 0 Å². The lowest BCUT2D eigenvalue weighted by molar-refractivity contribution is -0.273. The van der Waals surface area contributed by atoms with Gasteiger partial charge in [0.2, 0.25) is 5.92 Å². The van der Waals surface area contributed by atoms with E-state index in [2.05, 4.69) is 0 Å². The lowest BCUT2D eigenvalue weighted by Gasteiger charge is -2.21. The van der Waals surface area contributed by atoms with Gasteiger partial charge in [0, 0.05) is 11.4 Å². The summed E-state index contributed by atoms with van der Waals surface area (Å²) in [5.74, 6) is -7.45. The van der Waals surface area contributed by atoms with E-state index in [0.717, 1.165) is 12.1 Å². The van der Waals surface area contributed by atoms with Crippen LogP contribution in [0, 0.1) is 11.7 Å². The molecule has 9 heteroatoms. The van der Waals surface area contributed by atoms with Gasteiger partial charge in [0.05, 0.1) is 0 Å². The zero-order valence-corrected chi connectivity index (χ0v) is 10.2. The number of hydrogen-bond acceptors (Lipinski definition) is 1. The van der Waals surface area contributed by atoms with E-state index in [4.69, 9.17) is 11.6 Å². The van der Waals surface area contributed by atoms with Gasteiger partial charge in [-0.1, -0.05) is 17.7 Å². The molecule has 20 heavy (non-hydrogen) atoms. The van der Waals surface area contributed by atoms with Gasteiger partial charge in [0.15, 0.2) is 5.78 Å². The molecule has 0 radical (unpaired) electrons. The smallest absolute Gasteiger partial charge is 0.298 e. The number of halogens is 8. The molecule has 0 bridgehead atoms. The van der Waals surface area contributed by atoms with E-state index >= 15 is 0 Å². The molecule has 1 aromatic carbocycles. The second-order valence-electron chi connectivity index (χ2n) is 3.90. The fraction of sp³-hybridized carbons (Fsp3) is 0.364. The normalized spacial score (nSPS) is 12.8. The second-order valence-corrected chi connectivity index (χ2v) is 4.33. The van der Waals surface area contributed by atoms with Crippen molar-refractivity contribution in [3.05, 3.63) is 34.6 Å². The van der Waals surface area contributed by atoms with E-state index in [0.29, 0.717) is 6.07 Å². The lowest BCUT2D eigenvalue weighted by atomic mass is 9.96. The van der Waals surface area contributed by atoms with Crippen LogP contribution < -0.4 is 0 Å². The van der Waals surface area contributed by atoms with Crippen LogP contribution >= 0.6 is 11.6 Å². The molecule has 0 spiro atoms. The third-order valence-corrected chi connectivity index (χ3v) is 2.59. The van der Waals surface area contributed by atoms with Crippen LogP contribution in [-0.4, -0.2) is 18.1 Å². The minimum atomic E-state index is -5.78. The molecular formula is C11H6ClF7O. The van der Waals surface area contributed by atoms with Crippen molar-refractivity contribution in [3.63, 3.8) is 0 Å².